The highest BCUT2D eigenvalue weighted by molar-refractivity contribution is 5.78. The lowest BCUT2D eigenvalue weighted by molar-refractivity contribution is -0.136. The van der Waals surface area contributed by atoms with Gasteiger partial charge in [0.25, 0.3) is 0 Å². The van der Waals surface area contributed by atoms with E-state index in [0.29, 0.717) is 60.9 Å². The number of carbonyl (C=O) groups is 1. The van der Waals surface area contributed by atoms with Crippen LogP contribution in [0.5, 0.6) is 5.75 Å². The van der Waals surface area contributed by atoms with E-state index < -0.39 is 11.8 Å². The SMILES string of the molecule is Cc1nc2cc3nn2c(c1CC(=O)O)N1CCC(C)(CC1)OC/C=C\CCOc1c(F)cccc1-c1cccc-3c1. The van der Waals surface area contributed by atoms with Crippen molar-refractivity contribution in [3.63, 3.8) is 0 Å². The van der Waals surface area contributed by atoms with Gasteiger partial charge in [0.05, 0.1) is 30.9 Å². The first-order valence-electron chi connectivity index (χ1n) is 14.0. The molecule has 3 aliphatic heterocycles. The summed E-state index contributed by atoms with van der Waals surface area (Å²) in [5.74, 6) is -0.353. The van der Waals surface area contributed by atoms with Crippen LogP contribution >= 0.6 is 0 Å². The second-order valence-electron chi connectivity index (χ2n) is 10.9. The van der Waals surface area contributed by atoms with Crippen LogP contribution in [0.3, 0.4) is 0 Å². The van der Waals surface area contributed by atoms with Gasteiger partial charge >= 0.3 is 5.97 Å². The molecule has 1 fully saturated rings. The number of aromatic nitrogens is 3. The molecule has 2 aromatic carbocycles. The first-order valence-corrected chi connectivity index (χ1v) is 14.0. The number of carboxylic acids is 1. The van der Waals surface area contributed by atoms with E-state index in [9.17, 15) is 14.3 Å². The number of carboxylic acid groups (broad SMARTS) is 1. The fourth-order valence-corrected chi connectivity index (χ4v) is 5.69. The van der Waals surface area contributed by atoms with E-state index >= 15 is 0 Å². The van der Waals surface area contributed by atoms with Crippen LogP contribution < -0.4 is 9.64 Å². The predicted octanol–water partition coefficient (Wildman–Crippen LogP) is 5.85. The molecule has 7 rings (SSSR count). The van der Waals surface area contributed by atoms with Crippen LogP contribution in [-0.2, 0) is 16.0 Å². The summed E-state index contributed by atoms with van der Waals surface area (Å²) < 4.78 is 28.9. The number of anilines is 1. The highest BCUT2D eigenvalue weighted by atomic mass is 19.1. The summed E-state index contributed by atoms with van der Waals surface area (Å²) in [5.41, 5.74) is 4.66. The Bertz CT molecular complexity index is 1640. The Morgan fingerprint density at radius 2 is 1.88 bits per heavy atom. The van der Waals surface area contributed by atoms with E-state index in [1.807, 2.05) is 55.5 Å². The second-order valence-corrected chi connectivity index (χ2v) is 10.9. The first kappa shape index (κ1) is 27.0. The van der Waals surface area contributed by atoms with Crippen molar-refractivity contribution in [3.05, 3.63) is 77.8 Å². The summed E-state index contributed by atoms with van der Waals surface area (Å²) in [6.45, 7) is 6.19. The minimum Gasteiger partial charge on any atom is -0.490 e. The molecule has 0 saturated carbocycles. The average Bonchev–Trinajstić information content (AvgIpc) is 3.37. The van der Waals surface area contributed by atoms with Gasteiger partial charge in [-0.25, -0.2) is 9.37 Å². The molecule has 212 valence electrons. The molecule has 0 atom stereocenters. The largest absolute Gasteiger partial charge is 0.490 e. The topological polar surface area (TPSA) is 89.2 Å². The van der Waals surface area contributed by atoms with Crippen LogP contribution in [0.2, 0.25) is 0 Å². The molecule has 0 amide bonds. The highest BCUT2D eigenvalue weighted by Gasteiger charge is 2.33. The number of aliphatic carboxylic acids is 1. The van der Waals surface area contributed by atoms with E-state index in [1.54, 1.807) is 10.6 Å². The van der Waals surface area contributed by atoms with E-state index in [-0.39, 0.29) is 17.8 Å². The zero-order valence-corrected chi connectivity index (χ0v) is 23.3. The second kappa shape index (κ2) is 11.0. The van der Waals surface area contributed by atoms with Gasteiger partial charge in [0.1, 0.15) is 5.82 Å². The molecular weight excluding hydrogens is 523 g/mol. The number of nitrogens with zero attached hydrogens (tertiary/aromatic N) is 4. The lowest BCUT2D eigenvalue weighted by Gasteiger charge is -2.40. The van der Waals surface area contributed by atoms with Crippen molar-refractivity contribution in [2.75, 3.05) is 31.2 Å². The van der Waals surface area contributed by atoms with Crippen molar-refractivity contribution in [2.45, 2.75) is 45.1 Å². The van der Waals surface area contributed by atoms with Crippen LogP contribution in [0, 0.1) is 12.7 Å². The molecule has 0 radical (unpaired) electrons. The number of hydrogen-bond acceptors (Lipinski definition) is 6. The molecule has 6 bridgehead atoms. The van der Waals surface area contributed by atoms with Gasteiger partial charge in [0.15, 0.2) is 17.2 Å². The highest BCUT2D eigenvalue weighted by Crippen LogP contribution is 2.36. The number of piperidine rings is 1. The molecule has 4 aromatic rings. The molecule has 5 heterocycles. The van der Waals surface area contributed by atoms with Gasteiger partial charge in [-0.15, -0.1) is 0 Å². The van der Waals surface area contributed by atoms with E-state index in [4.69, 9.17) is 19.6 Å². The maximum absolute atomic E-state index is 14.9. The normalized spacial score (nSPS) is 17.7. The van der Waals surface area contributed by atoms with E-state index in [2.05, 4.69) is 11.8 Å². The van der Waals surface area contributed by atoms with Gasteiger partial charge in [0, 0.05) is 41.5 Å². The molecule has 8 nitrogen and oxygen atoms in total. The van der Waals surface area contributed by atoms with E-state index in [0.717, 1.165) is 29.8 Å². The Morgan fingerprint density at radius 3 is 2.68 bits per heavy atom. The van der Waals surface area contributed by atoms with Crippen LogP contribution in [0.25, 0.3) is 28.0 Å². The summed E-state index contributed by atoms with van der Waals surface area (Å²) >= 11 is 0. The molecule has 9 heteroatoms. The van der Waals surface area contributed by atoms with Gasteiger partial charge in [-0.05, 0) is 50.8 Å². The number of fused-ring (bicyclic) bond motifs is 7. The Morgan fingerprint density at radius 1 is 1.10 bits per heavy atom. The van der Waals surface area contributed by atoms with Crippen molar-refractivity contribution in [3.8, 4) is 28.1 Å². The van der Waals surface area contributed by atoms with Crippen LogP contribution in [0.1, 0.15) is 37.4 Å². The number of aryl methyl sites for hydroxylation is 1. The van der Waals surface area contributed by atoms with Crippen molar-refractivity contribution in [1.82, 2.24) is 14.6 Å². The molecule has 0 spiro atoms. The average molecular weight is 557 g/mol. The van der Waals surface area contributed by atoms with Crippen LogP contribution in [0.4, 0.5) is 10.2 Å². The Balaban J connectivity index is 1.51. The maximum Gasteiger partial charge on any atom is 0.308 e. The summed E-state index contributed by atoms with van der Waals surface area (Å²) in [7, 11) is 0. The fourth-order valence-electron chi connectivity index (χ4n) is 5.69. The zero-order valence-electron chi connectivity index (χ0n) is 23.3. The van der Waals surface area contributed by atoms with Crippen molar-refractivity contribution >= 4 is 17.4 Å². The lowest BCUT2D eigenvalue weighted by Crippen LogP contribution is -2.45. The van der Waals surface area contributed by atoms with Crippen LogP contribution in [0.15, 0.2) is 60.7 Å². The number of hydrogen-bond donors (Lipinski definition) is 1. The fraction of sp³-hybridized carbons (Fsp3) is 0.344. The van der Waals surface area contributed by atoms with Gasteiger partial charge < -0.3 is 19.5 Å². The Labute approximate surface area is 238 Å². The van der Waals surface area contributed by atoms with Crippen molar-refractivity contribution in [1.29, 1.82) is 0 Å². The third-order valence-electron chi connectivity index (χ3n) is 7.99. The zero-order chi connectivity index (χ0) is 28.6. The van der Waals surface area contributed by atoms with Gasteiger partial charge in [-0.1, -0.05) is 42.5 Å². The smallest absolute Gasteiger partial charge is 0.308 e. The standard InChI is InChI=1S/C32H33FN4O4/c1-21-25(19-29(38)39)31-36-14-12-32(2,13-15-36)41-17-5-3-4-16-40-30-24(10-7-11-26(30)33)22-8-6-9-23(18-22)27-20-28(34-21)37(31)35-27/h3,5-11,18,20H,4,12-17,19H2,1-2H3,(H,38,39)/b5-3-. The summed E-state index contributed by atoms with van der Waals surface area (Å²) in [5, 5.41) is 14.7. The van der Waals surface area contributed by atoms with Gasteiger partial charge in [-0.2, -0.15) is 9.61 Å². The lowest BCUT2D eigenvalue weighted by atomic mass is 9.93. The minimum atomic E-state index is -0.915. The third-order valence-corrected chi connectivity index (χ3v) is 7.99. The molecule has 41 heavy (non-hydrogen) atoms. The van der Waals surface area contributed by atoms with Gasteiger partial charge in [-0.3, -0.25) is 4.79 Å². The quantitative estimate of drug-likeness (QED) is 0.310. The van der Waals surface area contributed by atoms with Crippen molar-refractivity contribution in [2.24, 2.45) is 0 Å². The molecule has 1 N–H and O–H groups in total. The molecular formula is C32H33FN4O4. The summed E-state index contributed by atoms with van der Waals surface area (Å²) in [6.07, 6.45) is 6.03. The number of benzene rings is 2. The molecule has 0 unspecified atom stereocenters. The third kappa shape index (κ3) is 5.41. The summed E-state index contributed by atoms with van der Waals surface area (Å²) in [4.78, 5) is 18.8. The Hall–Kier alpha value is -4.24. The minimum absolute atomic E-state index is 0.147. The molecule has 1 saturated heterocycles. The van der Waals surface area contributed by atoms with E-state index in [1.165, 1.54) is 6.07 Å². The Kier molecular flexibility index (Phi) is 7.21. The first-order chi connectivity index (χ1) is 19.8. The van der Waals surface area contributed by atoms with Crippen molar-refractivity contribution < 1.29 is 23.8 Å². The van der Waals surface area contributed by atoms with Crippen LogP contribution in [-0.4, -0.2) is 57.6 Å². The summed E-state index contributed by atoms with van der Waals surface area (Å²) in [6, 6.07) is 14.6. The maximum atomic E-state index is 14.9. The molecule has 2 aromatic heterocycles. The number of ether oxygens (including phenoxy) is 2. The monoisotopic (exact) mass is 556 g/mol. The van der Waals surface area contributed by atoms with Gasteiger partial charge in [0.2, 0.25) is 0 Å². The number of rotatable bonds is 2. The number of halogens is 1. The predicted molar refractivity (Wildman–Crippen MR) is 155 cm³/mol. The molecule has 0 aliphatic carbocycles. The molecule has 3 aliphatic rings. The number of para-hydroxylation sites is 1.